The summed E-state index contributed by atoms with van der Waals surface area (Å²) in [7, 11) is 2.21. The topological polar surface area (TPSA) is 27.3 Å². The van der Waals surface area contributed by atoms with Crippen molar-refractivity contribution in [3.8, 4) is 0 Å². The highest BCUT2D eigenvalue weighted by atomic mass is 32.2. The number of likely N-dealkylation sites (N-methyl/N-ethyl adjacent to an activating group) is 1. The van der Waals surface area contributed by atoms with Gasteiger partial charge < -0.3 is 15.5 Å². The second-order valence-electron chi connectivity index (χ2n) is 5.22. The van der Waals surface area contributed by atoms with E-state index in [0.29, 0.717) is 6.04 Å². The first kappa shape index (κ1) is 12.3. The van der Waals surface area contributed by atoms with Crippen molar-refractivity contribution in [3.05, 3.63) is 23.8 Å². The molecule has 0 spiro atoms. The van der Waals surface area contributed by atoms with E-state index in [1.165, 1.54) is 28.4 Å². The average Bonchev–Trinajstić information content (AvgIpc) is 2.39. The molecule has 0 saturated carbocycles. The van der Waals surface area contributed by atoms with Crippen molar-refractivity contribution >= 4 is 17.4 Å². The molecule has 0 aliphatic carbocycles. The zero-order valence-corrected chi connectivity index (χ0v) is 11.7. The molecule has 98 valence electrons. The van der Waals surface area contributed by atoms with E-state index in [-0.39, 0.29) is 0 Å². The molecular weight excluding hydrogens is 242 g/mol. The minimum atomic E-state index is 0.600. The van der Waals surface area contributed by atoms with Crippen LogP contribution < -0.4 is 10.6 Å². The van der Waals surface area contributed by atoms with Crippen molar-refractivity contribution in [1.82, 2.24) is 10.2 Å². The van der Waals surface area contributed by atoms with Gasteiger partial charge in [-0.25, -0.2) is 0 Å². The molecule has 0 aromatic heterocycles. The van der Waals surface area contributed by atoms with Crippen LogP contribution in [0.5, 0.6) is 0 Å². The number of nitrogens with one attached hydrogen (secondary N) is 2. The van der Waals surface area contributed by atoms with Gasteiger partial charge in [0.2, 0.25) is 0 Å². The second kappa shape index (κ2) is 5.51. The maximum absolute atomic E-state index is 3.61. The first-order valence-electron chi connectivity index (χ1n) is 6.73. The number of hydrogen-bond donors (Lipinski definition) is 2. The minimum absolute atomic E-state index is 0.600. The van der Waals surface area contributed by atoms with Gasteiger partial charge in [-0.3, -0.25) is 0 Å². The van der Waals surface area contributed by atoms with E-state index in [1.807, 2.05) is 11.8 Å². The summed E-state index contributed by atoms with van der Waals surface area (Å²) in [6.45, 7) is 4.53. The molecule has 0 radical (unpaired) electrons. The van der Waals surface area contributed by atoms with E-state index in [9.17, 15) is 0 Å². The maximum atomic E-state index is 3.61. The number of piperazine rings is 1. The third-order valence-corrected chi connectivity index (χ3v) is 4.72. The molecule has 2 heterocycles. The Morgan fingerprint density at radius 1 is 1.39 bits per heavy atom. The second-order valence-corrected chi connectivity index (χ2v) is 6.36. The van der Waals surface area contributed by atoms with Crippen molar-refractivity contribution in [1.29, 1.82) is 0 Å². The van der Waals surface area contributed by atoms with Crippen molar-refractivity contribution in [3.63, 3.8) is 0 Å². The molecule has 1 saturated heterocycles. The highest BCUT2D eigenvalue weighted by molar-refractivity contribution is 7.99. The predicted molar refractivity (Wildman–Crippen MR) is 78.6 cm³/mol. The minimum Gasteiger partial charge on any atom is -0.383 e. The Bertz CT molecular complexity index is 422. The lowest BCUT2D eigenvalue weighted by atomic mass is 10.0. The van der Waals surface area contributed by atoms with Gasteiger partial charge in [-0.1, -0.05) is 6.07 Å². The molecule has 0 amide bonds. The molecule has 0 bridgehead atoms. The summed E-state index contributed by atoms with van der Waals surface area (Å²) < 4.78 is 0. The van der Waals surface area contributed by atoms with Crippen molar-refractivity contribution in [2.24, 2.45) is 0 Å². The van der Waals surface area contributed by atoms with Crippen LogP contribution in [0.25, 0.3) is 0 Å². The smallest absolute Gasteiger partial charge is 0.0478 e. The number of benzene rings is 1. The molecule has 2 N–H and O–H groups in total. The molecule has 2 aliphatic heterocycles. The molecule has 1 aromatic rings. The standard InChI is InChI=1S/C14H21N3S/c1-17-6-4-15-12(10-17)8-11-2-3-13-14(9-11)18-7-5-16-13/h2-3,9,12,15-16H,4-8,10H2,1H3. The summed E-state index contributed by atoms with van der Waals surface area (Å²) in [6.07, 6.45) is 1.14. The third kappa shape index (κ3) is 2.82. The van der Waals surface area contributed by atoms with Crippen LogP contribution >= 0.6 is 11.8 Å². The summed E-state index contributed by atoms with van der Waals surface area (Å²) in [4.78, 5) is 3.83. The Balaban J connectivity index is 1.69. The Labute approximate surface area is 113 Å². The van der Waals surface area contributed by atoms with Crippen molar-refractivity contribution in [2.75, 3.05) is 44.3 Å². The van der Waals surface area contributed by atoms with Crippen LogP contribution in [0.3, 0.4) is 0 Å². The van der Waals surface area contributed by atoms with Crippen LogP contribution in [0, 0.1) is 0 Å². The van der Waals surface area contributed by atoms with Gasteiger partial charge in [0.05, 0.1) is 0 Å². The predicted octanol–water partition coefficient (Wildman–Crippen LogP) is 1.65. The highest BCUT2D eigenvalue weighted by Crippen LogP contribution is 2.31. The number of hydrogen-bond acceptors (Lipinski definition) is 4. The molecular formula is C14H21N3S. The molecule has 3 nitrogen and oxygen atoms in total. The maximum Gasteiger partial charge on any atom is 0.0478 e. The van der Waals surface area contributed by atoms with E-state index in [4.69, 9.17) is 0 Å². The molecule has 3 rings (SSSR count). The highest BCUT2D eigenvalue weighted by Gasteiger charge is 2.17. The van der Waals surface area contributed by atoms with Gasteiger partial charge in [0, 0.05) is 48.6 Å². The molecule has 18 heavy (non-hydrogen) atoms. The van der Waals surface area contributed by atoms with Gasteiger partial charge in [-0.2, -0.15) is 0 Å². The van der Waals surface area contributed by atoms with E-state index < -0.39 is 0 Å². The lowest BCUT2D eigenvalue weighted by Crippen LogP contribution is -2.49. The van der Waals surface area contributed by atoms with Crippen LogP contribution in [0.1, 0.15) is 5.56 Å². The number of nitrogens with zero attached hydrogens (tertiary/aromatic N) is 1. The fraction of sp³-hybridized carbons (Fsp3) is 0.571. The quantitative estimate of drug-likeness (QED) is 0.848. The Morgan fingerprint density at radius 2 is 2.33 bits per heavy atom. The molecule has 2 aliphatic rings. The zero-order chi connectivity index (χ0) is 12.4. The van der Waals surface area contributed by atoms with Crippen molar-refractivity contribution in [2.45, 2.75) is 17.4 Å². The third-order valence-electron chi connectivity index (χ3n) is 3.66. The fourth-order valence-electron chi connectivity index (χ4n) is 2.72. The Morgan fingerprint density at radius 3 is 3.22 bits per heavy atom. The number of thioether (sulfide) groups is 1. The monoisotopic (exact) mass is 263 g/mol. The van der Waals surface area contributed by atoms with Crippen LogP contribution in [-0.4, -0.2) is 49.9 Å². The van der Waals surface area contributed by atoms with Gasteiger partial charge in [-0.05, 0) is 31.2 Å². The Kier molecular flexibility index (Phi) is 3.77. The SMILES string of the molecule is CN1CCNC(Cc2ccc3c(c2)SCCN3)C1. The van der Waals surface area contributed by atoms with Crippen molar-refractivity contribution < 1.29 is 0 Å². The van der Waals surface area contributed by atoms with Gasteiger partial charge >= 0.3 is 0 Å². The summed E-state index contributed by atoms with van der Waals surface area (Å²) in [5.74, 6) is 1.18. The van der Waals surface area contributed by atoms with Crippen LogP contribution in [0.15, 0.2) is 23.1 Å². The molecule has 1 aromatic carbocycles. The molecule has 4 heteroatoms. The average molecular weight is 263 g/mol. The largest absolute Gasteiger partial charge is 0.383 e. The summed E-state index contributed by atoms with van der Waals surface area (Å²) in [5.41, 5.74) is 2.77. The van der Waals surface area contributed by atoms with E-state index >= 15 is 0 Å². The van der Waals surface area contributed by atoms with Crippen LogP contribution in [-0.2, 0) is 6.42 Å². The van der Waals surface area contributed by atoms with E-state index in [0.717, 1.165) is 26.1 Å². The first-order chi connectivity index (χ1) is 8.81. The van der Waals surface area contributed by atoms with Crippen LogP contribution in [0.2, 0.25) is 0 Å². The number of rotatable bonds is 2. The molecule has 1 unspecified atom stereocenters. The fourth-order valence-corrected chi connectivity index (χ4v) is 3.67. The van der Waals surface area contributed by atoms with E-state index in [1.54, 1.807) is 0 Å². The summed E-state index contributed by atoms with van der Waals surface area (Å²) >= 11 is 1.97. The lowest BCUT2D eigenvalue weighted by molar-refractivity contribution is 0.238. The first-order valence-corrected chi connectivity index (χ1v) is 7.71. The van der Waals surface area contributed by atoms with Gasteiger partial charge in [0.1, 0.15) is 0 Å². The van der Waals surface area contributed by atoms with Gasteiger partial charge in [0.25, 0.3) is 0 Å². The summed E-state index contributed by atoms with van der Waals surface area (Å²) in [6, 6.07) is 7.48. The summed E-state index contributed by atoms with van der Waals surface area (Å²) in [5, 5.41) is 7.07. The van der Waals surface area contributed by atoms with Gasteiger partial charge in [-0.15, -0.1) is 11.8 Å². The normalized spacial score (nSPS) is 24.4. The lowest BCUT2D eigenvalue weighted by Gasteiger charge is -2.31. The van der Waals surface area contributed by atoms with Crippen LogP contribution in [0.4, 0.5) is 5.69 Å². The van der Waals surface area contributed by atoms with Gasteiger partial charge in [0.15, 0.2) is 0 Å². The number of anilines is 1. The number of fused-ring (bicyclic) bond motifs is 1. The molecule has 1 fully saturated rings. The Hall–Kier alpha value is -0.710. The molecule has 1 atom stereocenters. The van der Waals surface area contributed by atoms with E-state index in [2.05, 4.69) is 40.8 Å². The zero-order valence-electron chi connectivity index (χ0n) is 10.9.